The van der Waals surface area contributed by atoms with Gasteiger partial charge in [0.2, 0.25) is 0 Å². The normalized spacial score (nSPS) is 10.4. The number of H-pyrrole nitrogens is 1. The number of urea groups is 1. The van der Waals surface area contributed by atoms with Crippen molar-refractivity contribution in [1.29, 1.82) is 0 Å². The number of amides is 3. The summed E-state index contributed by atoms with van der Waals surface area (Å²) in [6.07, 6.45) is 3.17. The molecule has 2 heterocycles. The van der Waals surface area contributed by atoms with Crippen LogP contribution in [0.15, 0.2) is 79.1 Å². The SMILES string of the molecule is O=C(NCc1ncc(-c2ccccc2)[nH]1)Nc1cccc(C(=O)Nc2ccc(Cl)cn2)c1. The summed E-state index contributed by atoms with van der Waals surface area (Å²) in [6.45, 7) is 0.223. The van der Waals surface area contributed by atoms with Gasteiger partial charge < -0.3 is 20.9 Å². The first-order chi connectivity index (χ1) is 15.6. The van der Waals surface area contributed by atoms with Crippen molar-refractivity contribution >= 4 is 35.0 Å². The molecule has 0 aliphatic rings. The largest absolute Gasteiger partial charge is 0.341 e. The third-order valence-electron chi connectivity index (χ3n) is 4.48. The zero-order valence-corrected chi connectivity index (χ0v) is 17.6. The molecule has 2 aromatic heterocycles. The average molecular weight is 447 g/mol. The van der Waals surface area contributed by atoms with E-state index in [0.717, 1.165) is 11.3 Å². The first-order valence-electron chi connectivity index (χ1n) is 9.74. The Morgan fingerprint density at radius 2 is 1.75 bits per heavy atom. The van der Waals surface area contributed by atoms with Crippen molar-refractivity contribution < 1.29 is 9.59 Å². The Kier molecular flexibility index (Phi) is 6.43. The highest BCUT2D eigenvalue weighted by Crippen LogP contribution is 2.16. The van der Waals surface area contributed by atoms with Gasteiger partial charge in [-0.3, -0.25) is 4.79 Å². The summed E-state index contributed by atoms with van der Waals surface area (Å²) in [5, 5.41) is 8.61. The number of carbonyl (C=O) groups excluding carboxylic acids is 2. The van der Waals surface area contributed by atoms with Crippen LogP contribution in [0.3, 0.4) is 0 Å². The summed E-state index contributed by atoms with van der Waals surface area (Å²) < 4.78 is 0. The van der Waals surface area contributed by atoms with Gasteiger partial charge in [0.05, 0.1) is 23.5 Å². The van der Waals surface area contributed by atoms with Crippen LogP contribution in [0.2, 0.25) is 5.02 Å². The second-order valence-corrected chi connectivity index (χ2v) is 7.25. The first-order valence-corrected chi connectivity index (χ1v) is 10.1. The van der Waals surface area contributed by atoms with Crippen molar-refractivity contribution in [3.8, 4) is 11.3 Å². The molecule has 0 atom stereocenters. The fourth-order valence-electron chi connectivity index (χ4n) is 2.93. The van der Waals surface area contributed by atoms with Crippen molar-refractivity contribution in [2.75, 3.05) is 10.6 Å². The molecule has 2 aromatic carbocycles. The molecule has 9 heteroatoms. The number of carbonyl (C=O) groups is 2. The number of anilines is 2. The molecule has 0 radical (unpaired) electrons. The van der Waals surface area contributed by atoms with E-state index in [9.17, 15) is 9.59 Å². The van der Waals surface area contributed by atoms with Crippen LogP contribution in [0, 0.1) is 0 Å². The molecule has 0 bridgehead atoms. The van der Waals surface area contributed by atoms with Crippen molar-refractivity contribution in [2.24, 2.45) is 0 Å². The number of aromatic nitrogens is 3. The monoisotopic (exact) mass is 446 g/mol. The number of aromatic amines is 1. The van der Waals surface area contributed by atoms with E-state index in [-0.39, 0.29) is 12.5 Å². The Hall–Kier alpha value is -4.17. The highest BCUT2D eigenvalue weighted by Gasteiger charge is 2.10. The standard InChI is InChI=1S/C23H19ClN6O2/c24-17-9-10-20(25-12-17)30-22(31)16-7-4-8-18(11-16)28-23(32)27-14-21-26-13-19(29-21)15-5-2-1-3-6-15/h1-13H,14H2,(H,26,29)(H,25,30,31)(H2,27,28,32). The summed E-state index contributed by atoms with van der Waals surface area (Å²) in [4.78, 5) is 36.2. The lowest BCUT2D eigenvalue weighted by Gasteiger charge is -2.09. The van der Waals surface area contributed by atoms with E-state index in [4.69, 9.17) is 11.6 Å². The van der Waals surface area contributed by atoms with E-state index in [2.05, 4.69) is 30.9 Å². The predicted octanol–water partition coefficient (Wildman–Crippen LogP) is 4.70. The molecule has 0 unspecified atom stereocenters. The minimum absolute atomic E-state index is 0.223. The average Bonchev–Trinajstić information content (AvgIpc) is 3.29. The van der Waals surface area contributed by atoms with Gasteiger partial charge in [0.1, 0.15) is 11.6 Å². The predicted molar refractivity (Wildman–Crippen MR) is 124 cm³/mol. The molecule has 0 saturated carbocycles. The number of hydrogen-bond donors (Lipinski definition) is 4. The minimum Gasteiger partial charge on any atom is -0.341 e. The summed E-state index contributed by atoms with van der Waals surface area (Å²) >= 11 is 5.80. The number of nitrogens with one attached hydrogen (secondary N) is 4. The Morgan fingerprint density at radius 1 is 0.906 bits per heavy atom. The third-order valence-corrected chi connectivity index (χ3v) is 4.70. The molecule has 4 N–H and O–H groups in total. The van der Waals surface area contributed by atoms with Gasteiger partial charge in [-0.1, -0.05) is 48.0 Å². The molecule has 4 rings (SSSR count). The van der Waals surface area contributed by atoms with Crippen molar-refractivity contribution in [1.82, 2.24) is 20.3 Å². The first kappa shape index (κ1) is 21.1. The van der Waals surface area contributed by atoms with E-state index in [1.807, 2.05) is 30.3 Å². The lowest BCUT2D eigenvalue weighted by molar-refractivity contribution is 0.102. The number of imidazole rings is 1. The second-order valence-electron chi connectivity index (χ2n) is 6.81. The van der Waals surface area contributed by atoms with E-state index in [0.29, 0.717) is 27.9 Å². The Labute approximate surface area is 189 Å². The lowest BCUT2D eigenvalue weighted by Crippen LogP contribution is -2.28. The number of nitrogens with zero attached hydrogens (tertiary/aromatic N) is 2. The Bertz CT molecular complexity index is 1220. The number of rotatable bonds is 6. The Balaban J connectivity index is 1.32. The van der Waals surface area contributed by atoms with Crippen molar-refractivity contribution in [3.63, 3.8) is 0 Å². The van der Waals surface area contributed by atoms with Crippen molar-refractivity contribution in [3.05, 3.63) is 95.5 Å². The molecular formula is C23H19ClN6O2. The number of pyridine rings is 1. The fourth-order valence-corrected chi connectivity index (χ4v) is 3.04. The van der Waals surface area contributed by atoms with Crippen LogP contribution in [0.1, 0.15) is 16.2 Å². The third kappa shape index (κ3) is 5.50. The minimum atomic E-state index is -0.417. The quantitative estimate of drug-likeness (QED) is 0.344. The van der Waals surface area contributed by atoms with Gasteiger partial charge in [0.15, 0.2) is 0 Å². The molecule has 8 nitrogen and oxygen atoms in total. The highest BCUT2D eigenvalue weighted by atomic mass is 35.5. The number of hydrogen-bond acceptors (Lipinski definition) is 4. The zero-order chi connectivity index (χ0) is 22.3. The number of halogens is 1. The van der Waals surface area contributed by atoms with Gasteiger partial charge >= 0.3 is 6.03 Å². The van der Waals surface area contributed by atoms with E-state index in [1.54, 1.807) is 42.6 Å². The molecule has 0 fully saturated rings. The van der Waals surface area contributed by atoms with Crippen LogP contribution < -0.4 is 16.0 Å². The fraction of sp³-hybridized carbons (Fsp3) is 0.0435. The molecule has 4 aromatic rings. The van der Waals surface area contributed by atoms with Crippen LogP contribution in [0.25, 0.3) is 11.3 Å². The van der Waals surface area contributed by atoms with E-state index in [1.165, 1.54) is 6.20 Å². The maximum absolute atomic E-state index is 12.4. The van der Waals surface area contributed by atoms with Gasteiger partial charge in [-0.25, -0.2) is 14.8 Å². The molecular weight excluding hydrogens is 428 g/mol. The lowest BCUT2D eigenvalue weighted by atomic mass is 10.2. The zero-order valence-electron chi connectivity index (χ0n) is 16.8. The van der Waals surface area contributed by atoms with Gasteiger partial charge in [0, 0.05) is 17.4 Å². The number of benzene rings is 2. The molecule has 0 aliphatic heterocycles. The van der Waals surface area contributed by atoms with Crippen LogP contribution in [-0.2, 0) is 6.54 Å². The molecule has 32 heavy (non-hydrogen) atoms. The summed E-state index contributed by atoms with van der Waals surface area (Å²) in [6, 6.07) is 19.2. The molecule has 0 aliphatic carbocycles. The molecule has 160 valence electrons. The van der Waals surface area contributed by atoms with Gasteiger partial charge in [-0.05, 0) is 35.9 Å². The Morgan fingerprint density at radius 3 is 2.53 bits per heavy atom. The second kappa shape index (κ2) is 9.76. The molecule has 0 spiro atoms. The van der Waals surface area contributed by atoms with Crippen molar-refractivity contribution in [2.45, 2.75) is 6.54 Å². The summed E-state index contributed by atoms with van der Waals surface area (Å²) in [5.74, 6) is 0.652. The molecule has 0 saturated heterocycles. The summed E-state index contributed by atoms with van der Waals surface area (Å²) in [5.41, 5.74) is 2.73. The molecule has 3 amide bonds. The maximum Gasteiger partial charge on any atom is 0.319 e. The van der Waals surface area contributed by atoms with Gasteiger partial charge in [-0.15, -0.1) is 0 Å². The van der Waals surface area contributed by atoms with Crippen LogP contribution in [0.5, 0.6) is 0 Å². The van der Waals surface area contributed by atoms with Crippen LogP contribution >= 0.6 is 11.6 Å². The van der Waals surface area contributed by atoms with Gasteiger partial charge in [0.25, 0.3) is 5.91 Å². The van der Waals surface area contributed by atoms with E-state index < -0.39 is 6.03 Å². The van der Waals surface area contributed by atoms with Gasteiger partial charge in [-0.2, -0.15) is 0 Å². The maximum atomic E-state index is 12.4. The van der Waals surface area contributed by atoms with Crippen LogP contribution in [0.4, 0.5) is 16.3 Å². The highest BCUT2D eigenvalue weighted by molar-refractivity contribution is 6.30. The van der Waals surface area contributed by atoms with Crippen LogP contribution in [-0.4, -0.2) is 26.9 Å². The smallest absolute Gasteiger partial charge is 0.319 e. The van der Waals surface area contributed by atoms with E-state index >= 15 is 0 Å². The topological polar surface area (TPSA) is 112 Å². The summed E-state index contributed by atoms with van der Waals surface area (Å²) in [7, 11) is 0.